The van der Waals surface area contributed by atoms with Crippen LogP contribution in [0, 0.1) is 0 Å². The molecule has 0 saturated carbocycles. The highest BCUT2D eigenvalue weighted by atomic mass is 32.2. The summed E-state index contributed by atoms with van der Waals surface area (Å²) < 4.78 is 6.92. The average molecular weight is 836 g/mol. The molecule has 1 atom stereocenters. The molecule has 0 aromatic heterocycles. The van der Waals surface area contributed by atoms with E-state index in [2.05, 4.69) is 254 Å². The van der Waals surface area contributed by atoms with Crippen molar-refractivity contribution in [3.05, 3.63) is 271 Å². The highest BCUT2D eigenvalue weighted by molar-refractivity contribution is 7.99. The molecule has 0 saturated heterocycles. The zero-order chi connectivity index (χ0) is 42.5. The number of anilines is 3. The summed E-state index contributed by atoms with van der Waals surface area (Å²) in [6.45, 7) is 0. The number of hydrogen-bond donors (Lipinski definition) is 0. The van der Waals surface area contributed by atoms with Crippen molar-refractivity contribution in [2.75, 3.05) is 4.90 Å². The lowest BCUT2D eigenvalue weighted by molar-refractivity contribution is 0.456. The number of rotatable bonds is 8. The van der Waals surface area contributed by atoms with Crippen LogP contribution in [0.2, 0.25) is 0 Å². The Morgan fingerprint density at radius 1 is 0.344 bits per heavy atom. The third-order valence-electron chi connectivity index (χ3n) is 12.8. The summed E-state index contributed by atoms with van der Waals surface area (Å²) in [5.41, 5.74) is 17.0. The van der Waals surface area contributed by atoms with Crippen molar-refractivity contribution in [2.24, 2.45) is 0 Å². The Morgan fingerprint density at radius 2 is 0.844 bits per heavy atom. The fourth-order valence-electron chi connectivity index (χ4n) is 9.87. The van der Waals surface area contributed by atoms with Crippen LogP contribution in [0.4, 0.5) is 17.1 Å². The smallest absolute Gasteiger partial charge is 0.149 e. The molecule has 0 N–H and O–H groups in total. The molecule has 1 aliphatic heterocycles. The molecule has 12 rings (SSSR count). The number of hydrogen-bond acceptors (Lipinski definition) is 3. The van der Waals surface area contributed by atoms with E-state index >= 15 is 0 Å². The van der Waals surface area contributed by atoms with Crippen molar-refractivity contribution in [3.63, 3.8) is 0 Å². The molecule has 64 heavy (non-hydrogen) atoms. The summed E-state index contributed by atoms with van der Waals surface area (Å²) in [5.74, 6) is 1.82. The van der Waals surface area contributed by atoms with Crippen molar-refractivity contribution in [1.29, 1.82) is 0 Å². The highest BCUT2D eigenvalue weighted by Crippen LogP contribution is 2.62. The summed E-state index contributed by atoms with van der Waals surface area (Å²) in [7, 11) is 0. The molecule has 0 amide bonds. The van der Waals surface area contributed by atoms with E-state index in [-0.39, 0.29) is 0 Å². The van der Waals surface area contributed by atoms with Gasteiger partial charge in [0.15, 0.2) is 0 Å². The fraction of sp³-hybridized carbons (Fsp3) is 0.0164. The zero-order valence-electron chi connectivity index (χ0n) is 34.9. The summed E-state index contributed by atoms with van der Waals surface area (Å²) in [6.07, 6.45) is 0. The lowest BCUT2D eigenvalue weighted by atomic mass is 9.67. The van der Waals surface area contributed by atoms with Crippen LogP contribution in [0.15, 0.2) is 259 Å². The van der Waals surface area contributed by atoms with Crippen LogP contribution >= 0.6 is 11.8 Å². The fourth-order valence-corrected chi connectivity index (χ4v) is 10.8. The number of ether oxygens (including phenoxy) is 1. The van der Waals surface area contributed by atoms with Crippen molar-refractivity contribution >= 4 is 28.8 Å². The van der Waals surface area contributed by atoms with Gasteiger partial charge in [0.05, 0.1) is 15.2 Å². The molecule has 2 nitrogen and oxygen atoms in total. The van der Waals surface area contributed by atoms with E-state index in [1.807, 2.05) is 0 Å². The molecule has 10 aromatic rings. The maximum absolute atomic E-state index is 6.92. The molecule has 0 bridgehead atoms. The van der Waals surface area contributed by atoms with Crippen LogP contribution in [-0.2, 0) is 5.41 Å². The molecule has 0 spiro atoms. The largest absolute Gasteiger partial charge is 0.454 e. The zero-order valence-corrected chi connectivity index (χ0v) is 35.8. The first-order valence-electron chi connectivity index (χ1n) is 21.8. The lowest BCUT2D eigenvalue weighted by Gasteiger charge is -2.35. The quantitative estimate of drug-likeness (QED) is 0.151. The van der Waals surface area contributed by atoms with Crippen LogP contribution < -0.4 is 9.64 Å². The van der Waals surface area contributed by atoms with Crippen molar-refractivity contribution in [3.8, 4) is 56.0 Å². The van der Waals surface area contributed by atoms with E-state index in [0.29, 0.717) is 0 Å². The van der Waals surface area contributed by atoms with Gasteiger partial charge in [-0.1, -0.05) is 206 Å². The maximum atomic E-state index is 6.92. The Kier molecular flexibility index (Phi) is 9.35. The molecule has 0 fully saturated rings. The SMILES string of the molecule is c1ccc(-c2ccc(N(c3ccc(C4(c5ccc(-c6ccccc6)cc5)c5ccccc5-c5c4ccc4c5Oc5ccccc5S4)cc3)c3cccc(-c4ccccc4)c3)cc2)cc1. The molecule has 1 aliphatic carbocycles. The van der Waals surface area contributed by atoms with Crippen molar-refractivity contribution < 1.29 is 4.74 Å². The topological polar surface area (TPSA) is 12.5 Å². The van der Waals surface area contributed by atoms with E-state index in [1.54, 1.807) is 11.8 Å². The van der Waals surface area contributed by atoms with Gasteiger partial charge in [-0.05, 0) is 116 Å². The Labute approximate surface area is 378 Å². The van der Waals surface area contributed by atoms with E-state index in [4.69, 9.17) is 4.74 Å². The van der Waals surface area contributed by atoms with E-state index in [0.717, 1.165) is 43.9 Å². The maximum Gasteiger partial charge on any atom is 0.149 e. The molecular weight excluding hydrogens is 795 g/mol. The second-order valence-electron chi connectivity index (χ2n) is 16.4. The minimum atomic E-state index is -0.630. The standard InChI is InChI=1S/C61H41NOS/c1-4-15-42(16-5-1)45-27-31-48(32-28-45)61(54-24-11-10-23-53(54)59-55(61)39-40-58-60(59)63-56-25-12-13-26-57(56)64-58)49-33-37-51(38-34-49)62(50-35-29-46(30-36-50)43-17-6-2-7-18-43)52-22-14-21-47(41-52)44-19-8-3-9-20-44/h1-41H. The van der Waals surface area contributed by atoms with Gasteiger partial charge >= 0.3 is 0 Å². The Hall–Kier alpha value is -7.85. The van der Waals surface area contributed by atoms with E-state index < -0.39 is 5.41 Å². The van der Waals surface area contributed by atoms with Gasteiger partial charge in [0.2, 0.25) is 0 Å². The molecule has 1 unspecified atom stereocenters. The predicted octanol–water partition coefficient (Wildman–Crippen LogP) is 16.8. The molecular formula is C61H41NOS. The van der Waals surface area contributed by atoms with Gasteiger partial charge in [-0.3, -0.25) is 0 Å². The summed E-state index contributed by atoms with van der Waals surface area (Å²) in [6, 6.07) is 90.1. The Morgan fingerprint density at radius 3 is 1.50 bits per heavy atom. The van der Waals surface area contributed by atoms with Gasteiger partial charge in [-0.2, -0.15) is 0 Å². The normalized spacial score (nSPS) is 14.4. The third-order valence-corrected chi connectivity index (χ3v) is 13.9. The first kappa shape index (κ1) is 37.9. The second kappa shape index (κ2) is 15.8. The average Bonchev–Trinajstić information content (AvgIpc) is 3.68. The minimum absolute atomic E-state index is 0.630. The first-order chi connectivity index (χ1) is 31.7. The predicted molar refractivity (Wildman–Crippen MR) is 265 cm³/mol. The highest BCUT2D eigenvalue weighted by Gasteiger charge is 2.48. The van der Waals surface area contributed by atoms with Crippen molar-refractivity contribution in [2.45, 2.75) is 15.2 Å². The Bertz CT molecular complexity index is 3290. The van der Waals surface area contributed by atoms with Gasteiger partial charge in [-0.15, -0.1) is 0 Å². The minimum Gasteiger partial charge on any atom is -0.454 e. The molecule has 0 radical (unpaired) electrons. The molecule has 2 aliphatic rings. The van der Waals surface area contributed by atoms with E-state index in [1.165, 1.54) is 61.2 Å². The van der Waals surface area contributed by atoms with E-state index in [9.17, 15) is 0 Å². The van der Waals surface area contributed by atoms with Crippen LogP contribution in [0.1, 0.15) is 22.3 Å². The van der Waals surface area contributed by atoms with Gasteiger partial charge in [0.1, 0.15) is 11.5 Å². The first-order valence-corrected chi connectivity index (χ1v) is 22.6. The monoisotopic (exact) mass is 835 g/mol. The lowest BCUT2D eigenvalue weighted by Crippen LogP contribution is -2.28. The van der Waals surface area contributed by atoms with Gasteiger partial charge in [-0.25, -0.2) is 0 Å². The van der Waals surface area contributed by atoms with Crippen LogP contribution in [0.3, 0.4) is 0 Å². The molecule has 1 heterocycles. The summed E-state index contributed by atoms with van der Waals surface area (Å²) in [4.78, 5) is 4.64. The van der Waals surface area contributed by atoms with Crippen molar-refractivity contribution in [1.82, 2.24) is 0 Å². The van der Waals surface area contributed by atoms with Crippen LogP contribution in [0.5, 0.6) is 11.5 Å². The van der Waals surface area contributed by atoms with Gasteiger partial charge in [0, 0.05) is 22.6 Å². The number of benzene rings is 10. The molecule has 10 aromatic carbocycles. The third kappa shape index (κ3) is 6.35. The van der Waals surface area contributed by atoms with Gasteiger partial charge in [0.25, 0.3) is 0 Å². The number of fused-ring (bicyclic) bond motifs is 6. The van der Waals surface area contributed by atoms with Crippen LogP contribution in [0.25, 0.3) is 44.5 Å². The summed E-state index contributed by atoms with van der Waals surface area (Å²) >= 11 is 1.78. The molecule has 302 valence electrons. The van der Waals surface area contributed by atoms with Gasteiger partial charge < -0.3 is 9.64 Å². The number of nitrogens with zero attached hydrogens (tertiary/aromatic N) is 1. The van der Waals surface area contributed by atoms with Crippen LogP contribution in [-0.4, -0.2) is 0 Å². The summed E-state index contributed by atoms with van der Waals surface area (Å²) in [5, 5.41) is 0. The second-order valence-corrected chi connectivity index (χ2v) is 17.5. The Balaban J connectivity index is 1.04. The molecule has 3 heteroatoms. The number of para-hydroxylation sites is 1.